The van der Waals surface area contributed by atoms with Gasteiger partial charge >= 0.3 is 0 Å². The van der Waals surface area contributed by atoms with Crippen molar-refractivity contribution in [3.8, 4) is 10.8 Å². The molecule has 2 heterocycles. The van der Waals surface area contributed by atoms with Crippen molar-refractivity contribution in [2.75, 3.05) is 0 Å². The quantitative estimate of drug-likeness (QED) is 0.481. The Hall–Kier alpha value is -2.11. The number of thiophene rings is 1. The van der Waals surface area contributed by atoms with Gasteiger partial charge in [-0.05, 0) is 34.4 Å². The monoisotopic (exact) mass is 324 g/mol. The smallest absolute Gasteiger partial charge is 0.257 e. The fourth-order valence-electron chi connectivity index (χ4n) is 2.21. The summed E-state index contributed by atoms with van der Waals surface area (Å²) in [6, 6.07) is 18.8. The molecule has 2 aromatic carbocycles. The lowest BCUT2D eigenvalue weighted by atomic mass is 10.1. The van der Waals surface area contributed by atoms with Gasteiger partial charge in [-0.15, -0.1) is 33.3 Å². The molecule has 0 spiro atoms. The van der Waals surface area contributed by atoms with Crippen molar-refractivity contribution in [3.05, 3.63) is 65.9 Å². The molecule has 4 aromatic rings. The average Bonchev–Trinajstić information content (AvgIpc) is 3.24. The zero-order valence-electron chi connectivity index (χ0n) is 11.6. The van der Waals surface area contributed by atoms with E-state index in [1.165, 1.54) is 15.7 Å². The molecule has 0 bridgehead atoms. The molecule has 2 aromatic heterocycles. The van der Waals surface area contributed by atoms with Crippen LogP contribution in [0, 0.1) is 0 Å². The van der Waals surface area contributed by atoms with Crippen LogP contribution in [-0.4, -0.2) is 10.2 Å². The van der Waals surface area contributed by atoms with Crippen LogP contribution in [0.5, 0.6) is 0 Å². The van der Waals surface area contributed by atoms with Gasteiger partial charge in [-0.25, -0.2) is 0 Å². The normalized spacial score (nSPS) is 11.1. The van der Waals surface area contributed by atoms with Gasteiger partial charge in [0.1, 0.15) is 0 Å². The van der Waals surface area contributed by atoms with E-state index in [4.69, 9.17) is 4.42 Å². The summed E-state index contributed by atoms with van der Waals surface area (Å²) in [5.41, 5.74) is 0. The lowest BCUT2D eigenvalue weighted by molar-refractivity contribution is 0.529. The van der Waals surface area contributed by atoms with Crippen molar-refractivity contribution in [2.24, 2.45) is 0 Å². The minimum absolute atomic E-state index is 0.601. The van der Waals surface area contributed by atoms with Gasteiger partial charge in [0.25, 0.3) is 5.89 Å². The van der Waals surface area contributed by atoms with Gasteiger partial charge in [0.15, 0.2) is 0 Å². The van der Waals surface area contributed by atoms with Gasteiger partial charge in [-0.1, -0.05) is 36.4 Å². The Kier molecular flexibility index (Phi) is 3.66. The van der Waals surface area contributed by atoms with E-state index in [2.05, 4.69) is 52.7 Å². The van der Waals surface area contributed by atoms with E-state index in [1.807, 2.05) is 17.5 Å². The maximum absolute atomic E-state index is 5.70. The van der Waals surface area contributed by atoms with Gasteiger partial charge in [0.2, 0.25) is 5.89 Å². The number of aromatic nitrogens is 2. The van der Waals surface area contributed by atoms with Crippen molar-refractivity contribution < 1.29 is 4.42 Å². The van der Waals surface area contributed by atoms with Gasteiger partial charge in [-0.2, -0.15) is 0 Å². The predicted molar refractivity (Wildman–Crippen MR) is 91.1 cm³/mol. The highest BCUT2D eigenvalue weighted by atomic mass is 32.2. The topological polar surface area (TPSA) is 38.9 Å². The molecule has 0 saturated carbocycles. The maximum Gasteiger partial charge on any atom is 0.257 e. The molecular formula is C17H12N2OS2. The van der Waals surface area contributed by atoms with E-state index in [0.29, 0.717) is 17.5 Å². The summed E-state index contributed by atoms with van der Waals surface area (Å²) in [6.45, 7) is 0. The minimum Gasteiger partial charge on any atom is -0.419 e. The molecule has 3 nitrogen and oxygen atoms in total. The average molecular weight is 324 g/mol. The molecular weight excluding hydrogens is 312 g/mol. The Balaban J connectivity index is 1.49. The van der Waals surface area contributed by atoms with E-state index >= 15 is 0 Å². The molecule has 0 aliphatic rings. The van der Waals surface area contributed by atoms with Crippen LogP contribution in [0.1, 0.15) is 5.89 Å². The van der Waals surface area contributed by atoms with Crippen LogP contribution >= 0.6 is 23.1 Å². The molecule has 4 rings (SSSR count). The molecule has 0 saturated heterocycles. The number of rotatable bonds is 4. The van der Waals surface area contributed by atoms with Crippen LogP contribution in [0.3, 0.4) is 0 Å². The summed E-state index contributed by atoms with van der Waals surface area (Å²) in [6.07, 6.45) is 0. The zero-order chi connectivity index (χ0) is 14.8. The second kappa shape index (κ2) is 5.94. The van der Waals surface area contributed by atoms with Crippen LogP contribution in [0.25, 0.3) is 21.5 Å². The first-order valence-electron chi connectivity index (χ1n) is 6.86. The van der Waals surface area contributed by atoms with Crippen LogP contribution in [-0.2, 0) is 5.75 Å². The number of benzene rings is 2. The Morgan fingerprint density at radius 3 is 2.73 bits per heavy atom. The number of nitrogens with zero attached hydrogens (tertiary/aromatic N) is 2. The molecule has 22 heavy (non-hydrogen) atoms. The van der Waals surface area contributed by atoms with Crippen molar-refractivity contribution in [1.29, 1.82) is 0 Å². The van der Waals surface area contributed by atoms with Crippen molar-refractivity contribution in [1.82, 2.24) is 10.2 Å². The fraction of sp³-hybridized carbons (Fsp3) is 0.0588. The molecule has 0 fully saturated rings. The van der Waals surface area contributed by atoms with Crippen LogP contribution in [0.15, 0.2) is 69.3 Å². The molecule has 0 unspecified atom stereocenters. The van der Waals surface area contributed by atoms with Gasteiger partial charge < -0.3 is 4.42 Å². The standard InChI is InChI=1S/C17H12N2OS2/c1-2-5-13-10-14(8-7-12(13)4-1)22-11-16-18-19-17(20-16)15-6-3-9-21-15/h1-10H,11H2. The highest BCUT2D eigenvalue weighted by Crippen LogP contribution is 2.28. The number of hydrogen-bond donors (Lipinski definition) is 0. The van der Waals surface area contributed by atoms with E-state index in [-0.39, 0.29) is 0 Å². The summed E-state index contributed by atoms with van der Waals surface area (Å²) in [7, 11) is 0. The van der Waals surface area contributed by atoms with Crippen molar-refractivity contribution in [2.45, 2.75) is 10.6 Å². The maximum atomic E-state index is 5.70. The molecule has 0 atom stereocenters. The van der Waals surface area contributed by atoms with E-state index in [1.54, 1.807) is 23.1 Å². The van der Waals surface area contributed by atoms with Gasteiger partial charge in [0, 0.05) is 4.90 Å². The lowest BCUT2D eigenvalue weighted by Crippen LogP contribution is -1.81. The largest absolute Gasteiger partial charge is 0.419 e. The second-order valence-electron chi connectivity index (χ2n) is 4.78. The second-order valence-corrected chi connectivity index (χ2v) is 6.77. The predicted octanol–water partition coefficient (Wildman–Crippen LogP) is 5.24. The number of thioether (sulfide) groups is 1. The molecule has 0 amide bonds. The third-order valence-electron chi connectivity index (χ3n) is 3.28. The zero-order valence-corrected chi connectivity index (χ0v) is 13.2. The third-order valence-corrected chi connectivity index (χ3v) is 5.12. The summed E-state index contributed by atoms with van der Waals surface area (Å²) in [5.74, 6) is 1.93. The SMILES string of the molecule is c1csc(-c2nnc(CSc3ccc4ccccc4c3)o2)c1. The Labute approximate surface area is 136 Å². The summed E-state index contributed by atoms with van der Waals surface area (Å²) < 4.78 is 5.70. The highest BCUT2D eigenvalue weighted by Gasteiger charge is 2.09. The molecule has 0 aliphatic carbocycles. The first kappa shape index (κ1) is 13.5. The summed E-state index contributed by atoms with van der Waals surface area (Å²) in [4.78, 5) is 2.21. The van der Waals surface area contributed by atoms with Gasteiger partial charge in [-0.3, -0.25) is 0 Å². The molecule has 5 heteroatoms. The summed E-state index contributed by atoms with van der Waals surface area (Å²) >= 11 is 3.31. The van der Waals surface area contributed by atoms with Crippen LogP contribution in [0.2, 0.25) is 0 Å². The van der Waals surface area contributed by atoms with Crippen LogP contribution in [0.4, 0.5) is 0 Å². The number of hydrogen-bond acceptors (Lipinski definition) is 5. The third kappa shape index (κ3) is 2.77. The number of fused-ring (bicyclic) bond motifs is 1. The first-order chi connectivity index (χ1) is 10.9. The fourth-order valence-corrected chi connectivity index (χ4v) is 3.64. The molecule has 0 N–H and O–H groups in total. The Bertz CT molecular complexity index is 900. The van der Waals surface area contributed by atoms with E-state index in [0.717, 1.165) is 4.88 Å². The minimum atomic E-state index is 0.601. The lowest BCUT2D eigenvalue weighted by Gasteiger charge is -2.01. The van der Waals surface area contributed by atoms with E-state index in [9.17, 15) is 0 Å². The van der Waals surface area contributed by atoms with E-state index < -0.39 is 0 Å². The van der Waals surface area contributed by atoms with Gasteiger partial charge in [0.05, 0.1) is 10.6 Å². The van der Waals surface area contributed by atoms with Crippen LogP contribution < -0.4 is 0 Å². The molecule has 0 radical (unpaired) electrons. The van der Waals surface area contributed by atoms with Crippen molar-refractivity contribution >= 4 is 33.9 Å². The molecule has 0 aliphatic heterocycles. The van der Waals surface area contributed by atoms with Crippen molar-refractivity contribution in [3.63, 3.8) is 0 Å². The Morgan fingerprint density at radius 2 is 1.86 bits per heavy atom. The first-order valence-corrected chi connectivity index (χ1v) is 8.73. The summed E-state index contributed by atoms with van der Waals surface area (Å²) in [5, 5.41) is 12.7. The highest BCUT2D eigenvalue weighted by molar-refractivity contribution is 7.98. The Morgan fingerprint density at radius 1 is 0.955 bits per heavy atom. The molecule has 108 valence electrons.